The van der Waals surface area contributed by atoms with Gasteiger partial charge in [0, 0.05) is 12.6 Å². The smallest absolute Gasteiger partial charge is 0.326 e. The van der Waals surface area contributed by atoms with E-state index in [0.717, 1.165) is 11.0 Å². The molecule has 0 amide bonds. The number of nitro groups is 1. The van der Waals surface area contributed by atoms with E-state index in [2.05, 4.69) is 4.98 Å². The van der Waals surface area contributed by atoms with E-state index in [1.54, 1.807) is 4.57 Å². The Morgan fingerprint density at radius 1 is 1.20 bits per heavy atom. The summed E-state index contributed by atoms with van der Waals surface area (Å²) >= 11 is 0. The van der Waals surface area contributed by atoms with Gasteiger partial charge in [0.25, 0.3) is 5.69 Å². The molecule has 0 aliphatic carbocycles. The molecule has 8 nitrogen and oxygen atoms in total. The third-order valence-electron chi connectivity index (χ3n) is 3.82. The first-order valence-corrected chi connectivity index (χ1v) is 7.73. The Hall–Kier alpha value is -3.29. The molecular weight excluding hydrogens is 326 g/mol. The highest BCUT2D eigenvalue weighted by Gasteiger charge is 2.12. The fourth-order valence-corrected chi connectivity index (χ4v) is 2.63. The van der Waals surface area contributed by atoms with Gasteiger partial charge in [-0.05, 0) is 24.6 Å². The summed E-state index contributed by atoms with van der Waals surface area (Å²) in [6.07, 6.45) is 0.563. The summed E-state index contributed by atoms with van der Waals surface area (Å²) < 4.78 is 12.4. The van der Waals surface area contributed by atoms with Crippen LogP contribution in [0.15, 0.2) is 47.3 Å². The number of benzene rings is 2. The fraction of sp³-hybridized carbons (Fsp3) is 0.235. The van der Waals surface area contributed by atoms with Crippen molar-refractivity contribution >= 4 is 16.7 Å². The number of hydrogen-bond donors (Lipinski definition) is 1. The van der Waals surface area contributed by atoms with Crippen molar-refractivity contribution in [2.45, 2.75) is 13.0 Å². The normalized spacial score (nSPS) is 10.8. The van der Waals surface area contributed by atoms with Gasteiger partial charge in [0.15, 0.2) is 11.5 Å². The van der Waals surface area contributed by atoms with E-state index in [9.17, 15) is 14.9 Å². The first kappa shape index (κ1) is 16.6. The zero-order chi connectivity index (χ0) is 17.8. The highest BCUT2D eigenvalue weighted by Crippen LogP contribution is 2.31. The maximum atomic E-state index is 12.0. The van der Waals surface area contributed by atoms with Crippen LogP contribution in [0.25, 0.3) is 11.0 Å². The molecule has 1 N–H and O–H groups in total. The van der Waals surface area contributed by atoms with E-state index in [-0.39, 0.29) is 11.4 Å². The zero-order valence-corrected chi connectivity index (χ0v) is 13.6. The largest absolute Gasteiger partial charge is 0.493 e. The van der Waals surface area contributed by atoms with E-state index < -0.39 is 4.92 Å². The predicted octanol–water partition coefficient (Wildman–Crippen LogP) is 2.72. The first-order valence-electron chi connectivity index (χ1n) is 7.73. The SMILES string of the molecule is COc1ccc([N+](=O)[O-])cc1OCCCn1c(=O)[nH]c2ccccc21. The van der Waals surface area contributed by atoms with E-state index in [4.69, 9.17) is 9.47 Å². The van der Waals surface area contributed by atoms with Gasteiger partial charge >= 0.3 is 5.69 Å². The van der Waals surface area contributed by atoms with Crippen LogP contribution in [-0.2, 0) is 6.54 Å². The van der Waals surface area contributed by atoms with Crippen molar-refractivity contribution in [3.8, 4) is 11.5 Å². The molecule has 8 heteroatoms. The standard InChI is InChI=1S/C17H17N3O5/c1-24-15-8-7-12(20(22)23)11-16(15)25-10-4-9-19-14-6-3-2-5-13(14)18-17(19)21/h2-3,5-8,11H,4,9-10H2,1H3,(H,18,21). The van der Waals surface area contributed by atoms with Crippen LogP contribution in [0, 0.1) is 10.1 Å². The molecule has 0 aliphatic heterocycles. The van der Waals surface area contributed by atoms with Crippen LogP contribution >= 0.6 is 0 Å². The van der Waals surface area contributed by atoms with Gasteiger partial charge in [0.1, 0.15) is 0 Å². The summed E-state index contributed by atoms with van der Waals surface area (Å²) in [6, 6.07) is 11.6. The highest BCUT2D eigenvalue weighted by atomic mass is 16.6. The highest BCUT2D eigenvalue weighted by molar-refractivity contribution is 5.74. The average molecular weight is 343 g/mol. The lowest BCUT2D eigenvalue weighted by molar-refractivity contribution is -0.385. The van der Waals surface area contributed by atoms with Crippen molar-refractivity contribution in [2.24, 2.45) is 0 Å². The Bertz CT molecular complexity index is 960. The Kier molecular flexibility index (Phi) is 4.69. The van der Waals surface area contributed by atoms with Crippen molar-refractivity contribution in [1.82, 2.24) is 9.55 Å². The quantitative estimate of drug-likeness (QED) is 0.404. The maximum absolute atomic E-state index is 12.0. The number of methoxy groups -OCH3 is 1. The third-order valence-corrected chi connectivity index (χ3v) is 3.82. The third kappa shape index (κ3) is 3.47. The monoisotopic (exact) mass is 343 g/mol. The van der Waals surface area contributed by atoms with Crippen molar-refractivity contribution in [3.63, 3.8) is 0 Å². The van der Waals surface area contributed by atoms with Gasteiger partial charge in [-0.25, -0.2) is 4.79 Å². The number of aromatic nitrogens is 2. The summed E-state index contributed by atoms with van der Waals surface area (Å²) in [4.78, 5) is 25.2. The van der Waals surface area contributed by atoms with Crippen molar-refractivity contribution in [3.05, 3.63) is 63.1 Å². The Morgan fingerprint density at radius 3 is 2.76 bits per heavy atom. The van der Waals surface area contributed by atoms with E-state index in [0.29, 0.717) is 31.1 Å². The summed E-state index contributed by atoms with van der Waals surface area (Å²) in [7, 11) is 1.47. The molecule has 1 heterocycles. The number of non-ortho nitro benzene ring substituents is 1. The fourth-order valence-electron chi connectivity index (χ4n) is 2.63. The van der Waals surface area contributed by atoms with Gasteiger partial charge in [-0.1, -0.05) is 12.1 Å². The van der Waals surface area contributed by atoms with Gasteiger partial charge in [-0.15, -0.1) is 0 Å². The molecule has 0 bridgehead atoms. The van der Waals surface area contributed by atoms with E-state index in [1.807, 2.05) is 24.3 Å². The van der Waals surface area contributed by atoms with Crippen molar-refractivity contribution < 1.29 is 14.4 Å². The molecule has 2 aromatic carbocycles. The topological polar surface area (TPSA) is 99.4 Å². The number of nitrogens with one attached hydrogen (secondary N) is 1. The molecular formula is C17H17N3O5. The lowest BCUT2D eigenvalue weighted by Gasteiger charge is -2.10. The number of ether oxygens (including phenoxy) is 2. The molecule has 0 aliphatic rings. The minimum atomic E-state index is -0.488. The van der Waals surface area contributed by atoms with Gasteiger partial charge in [-0.2, -0.15) is 0 Å². The van der Waals surface area contributed by atoms with Gasteiger partial charge in [-0.3, -0.25) is 14.7 Å². The minimum Gasteiger partial charge on any atom is -0.493 e. The second-order valence-electron chi connectivity index (χ2n) is 5.39. The summed E-state index contributed by atoms with van der Waals surface area (Å²) in [5.74, 6) is 0.734. The van der Waals surface area contributed by atoms with Crippen molar-refractivity contribution in [2.75, 3.05) is 13.7 Å². The number of nitro benzene ring substituents is 1. The Morgan fingerprint density at radius 2 is 2.00 bits per heavy atom. The molecule has 0 spiro atoms. The number of hydrogen-bond acceptors (Lipinski definition) is 5. The van der Waals surface area contributed by atoms with Gasteiger partial charge < -0.3 is 14.5 Å². The summed E-state index contributed by atoms with van der Waals surface area (Å²) in [6.45, 7) is 0.767. The van der Waals surface area contributed by atoms with Gasteiger partial charge in [0.2, 0.25) is 0 Å². The predicted molar refractivity (Wildman–Crippen MR) is 92.3 cm³/mol. The molecule has 1 aromatic heterocycles. The van der Waals surface area contributed by atoms with E-state index >= 15 is 0 Å². The molecule has 0 saturated carbocycles. The summed E-state index contributed by atoms with van der Waals surface area (Å²) in [5, 5.41) is 10.9. The van der Waals surface area contributed by atoms with Crippen LogP contribution in [0.3, 0.4) is 0 Å². The second-order valence-corrected chi connectivity index (χ2v) is 5.39. The van der Waals surface area contributed by atoms with Crippen LogP contribution in [0.4, 0.5) is 5.69 Å². The number of nitrogens with zero attached hydrogens (tertiary/aromatic N) is 2. The van der Waals surface area contributed by atoms with E-state index in [1.165, 1.54) is 25.3 Å². The van der Waals surface area contributed by atoms with Crippen LogP contribution in [0.2, 0.25) is 0 Å². The maximum Gasteiger partial charge on any atom is 0.326 e. The number of aryl methyl sites for hydroxylation is 1. The lowest BCUT2D eigenvalue weighted by Crippen LogP contribution is -2.18. The molecule has 0 radical (unpaired) electrons. The van der Waals surface area contributed by atoms with Crippen LogP contribution < -0.4 is 15.2 Å². The van der Waals surface area contributed by atoms with Crippen LogP contribution in [-0.4, -0.2) is 28.2 Å². The number of H-pyrrole nitrogens is 1. The van der Waals surface area contributed by atoms with Crippen LogP contribution in [0.5, 0.6) is 11.5 Å². The second kappa shape index (κ2) is 7.08. The molecule has 0 atom stereocenters. The molecule has 130 valence electrons. The number of fused-ring (bicyclic) bond motifs is 1. The minimum absolute atomic E-state index is 0.0661. The number of imidazole rings is 1. The Labute approximate surface area is 142 Å². The van der Waals surface area contributed by atoms with Crippen LogP contribution in [0.1, 0.15) is 6.42 Å². The lowest BCUT2D eigenvalue weighted by atomic mass is 10.3. The zero-order valence-electron chi connectivity index (χ0n) is 13.6. The number of aromatic amines is 1. The molecule has 25 heavy (non-hydrogen) atoms. The first-order chi connectivity index (χ1) is 12.1. The number of rotatable bonds is 7. The van der Waals surface area contributed by atoms with Crippen molar-refractivity contribution in [1.29, 1.82) is 0 Å². The average Bonchev–Trinajstić information content (AvgIpc) is 2.93. The number of para-hydroxylation sites is 2. The molecule has 3 aromatic rings. The molecule has 0 fully saturated rings. The molecule has 0 unspecified atom stereocenters. The summed E-state index contributed by atoms with van der Waals surface area (Å²) in [5.41, 5.74) is 1.38. The molecule has 0 saturated heterocycles. The van der Waals surface area contributed by atoms with Gasteiger partial charge in [0.05, 0.1) is 35.7 Å². The molecule has 3 rings (SSSR count). The Balaban J connectivity index is 1.67.